The van der Waals surface area contributed by atoms with E-state index in [9.17, 15) is 4.79 Å². The summed E-state index contributed by atoms with van der Waals surface area (Å²) in [7, 11) is 0. The van der Waals surface area contributed by atoms with Crippen molar-refractivity contribution < 1.29 is 4.79 Å². The highest BCUT2D eigenvalue weighted by Crippen LogP contribution is 2.63. The molecule has 0 bridgehead atoms. The topological polar surface area (TPSA) is 17.1 Å². The first kappa shape index (κ1) is 12.7. The van der Waals surface area contributed by atoms with Gasteiger partial charge in [-0.15, -0.1) is 0 Å². The first-order chi connectivity index (χ1) is 6.67. The zero-order valence-electron chi connectivity index (χ0n) is 11.2. The maximum absolute atomic E-state index is 12.0. The number of Topliss-reactive ketones (excluding diaryl/α,β-unsaturated/α-hetero) is 1. The Labute approximate surface area is 94.6 Å². The third-order valence-electron chi connectivity index (χ3n) is 4.55. The molecule has 0 saturated heterocycles. The Bertz CT molecular complexity index is 257. The monoisotopic (exact) mass is 210 g/mol. The molecular formula is C14H26O. The number of carbonyl (C=O) groups excluding carboxylic acids is 1. The third-order valence-corrected chi connectivity index (χ3v) is 4.55. The molecule has 0 aromatic heterocycles. The van der Waals surface area contributed by atoms with Crippen LogP contribution in [-0.4, -0.2) is 5.78 Å². The van der Waals surface area contributed by atoms with Crippen molar-refractivity contribution in [2.24, 2.45) is 16.2 Å². The maximum Gasteiger partial charge on any atom is 0.136 e. The first-order valence-corrected chi connectivity index (χ1v) is 6.18. The van der Waals surface area contributed by atoms with Crippen LogP contribution in [0.15, 0.2) is 0 Å². The number of ketones is 1. The van der Waals surface area contributed by atoms with E-state index >= 15 is 0 Å². The van der Waals surface area contributed by atoms with E-state index in [0.717, 1.165) is 19.3 Å². The van der Waals surface area contributed by atoms with Gasteiger partial charge in [-0.2, -0.15) is 0 Å². The molecule has 0 amide bonds. The van der Waals surface area contributed by atoms with E-state index in [1.165, 1.54) is 6.42 Å². The second-order valence-corrected chi connectivity index (χ2v) is 6.79. The van der Waals surface area contributed by atoms with Gasteiger partial charge in [-0.1, -0.05) is 34.6 Å². The summed E-state index contributed by atoms with van der Waals surface area (Å²) in [6.45, 7) is 13.0. The Morgan fingerprint density at radius 2 is 1.80 bits per heavy atom. The van der Waals surface area contributed by atoms with Gasteiger partial charge < -0.3 is 0 Å². The Morgan fingerprint density at radius 1 is 1.27 bits per heavy atom. The van der Waals surface area contributed by atoms with Gasteiger partial charge in [0, 0.05) is 5.41 Å². The lowest BCUT2D eigenvalue weighted by atomic mass is 9.44. The normalized spacial score (nSPS) is 36.1. The summed E-state index contributed by atoms with van der Waals surface area (Å²) in [6, 6.07) is 0. The Balaban J connectivity index is 2.97. The average Bonchev–Trinajstić information content (AvgIpc) is 2.09. The molecule has 0 heterocycles. The molecule has 0 aromatic carbocycles. The predicted molar refractivity (Wildman–Crippen MR) is 64.8 cm³/mol. The van der Waals surface area contributed by atoms with Crippen LogP contribution < -0.4 is 0 Å². The van der Waals surface area contributed by atoms with Crippen LogP contribution in [-0.2, 0) is 4.79 Å². The smallest absolute Gasteiger partial charge is 0.136 e. The first-order valence-electron chi connectivity index (χ1n) is 6.18. The van der Waals surface area contributed by atoms with Gasteiger partial charge in [0.25, 0.3) is 0 Å². The molecule has 1 fully saturated rings. The van der Waals surface area contributed by atoms with Gasteiger partial charge in [0.2, 0.25) is 0 Å². The van der Waals surface area contributed by atoms with E-state index in [0.29, 0.717) is 5.78 Å². The van der Waals surface area contributed by atoms with Crippen LogP contribution in [0.4, 0.5) is 0 Å². The zero-order chi connectivity index (χ0) is 11.9. The molecule has 1 nitrogen and oxygen atoms in total. The van der Waals surface area contributed by atoms with Gasteiger partial charge in [-0.3, -0.25) is 4.79 Å². The SMILES string of the molecule is CCC1(C)CCC1(CC(C)(C)C)C(C)=O. The lowest BCUT2D eigenvalue weighted by Gasteiger charge is -2.58. The highest BCUT2D eigenvalue weighted by atomic mass is 16.1. The van der Waals surface area contributed by atoms with Crippen LogP contribution in [0.3, 0.4) is 0 Å². The zero-order valence-corrected chi connectivity index (χ0v) is 11.2. The minimum Gasteiger partial charge on any atom is -0.299 e. The molecule has 1 aliphatic rings. The lowest BCUT2D eigenvalue weighted by Crippen LogP contribution is -2.55. The summed E-state index contributed by atoms with van der Waals surface area (Å²) in [5.74, 6) is 0.410. The average molecular weight is 210 g/mol. The van der Waals surface area contributed by atoms with Crippen molar-refractivity contribution in [3.63, 3.8) is 0 Å². The van der Waals surface area contributed by atoms with Crippen LogP contribution in [0.5, 0.6) is 0 Å². The fourth-order valence-electron chi connectivity index (χ4n) is 3.30. The largest absolute Gasteiger partial charge is 0.299 e. The van der Waals surface area contributed by atoms with Crippen molar-refractivity contribution in [2.75, 3.05) is 0 Å². The Morgan fingerprint density at radius 3 is 2.00 bits per heavy atom. The molecule has 0 radical (unpaired) electrons. The number of rotatable bonds is 3. The number of hydrogen-bond acceptors (Lipinski definition) is 1. The van der Waals surface area contributed by atoms with E-state index in [-0.39, 0.29) is 16.2 Å². The van der Waals surface area contributed by atoms with Crippen molar-refractivity contribution in [1.82, 2.24) is 0 Å². The van der Waals surface area contributed by atoms with E-state index < -0.39 is 0 Å². The van der Waals surface area contributed by atoms with Crippen molar-refractivity contribution in [3.05, 3.63) is 0 Å². The summed E-state index contributed by atoms with van der Waals surface area (Å²) in [5, 5.41) is 0. The molecule has 1 heteroatoms. The standard InChI is InChI=1S/C14H26O/c1-7-13(6)8-9-14(13,11(2)15)10-12(3,4)5/h7-10H2,1-6H3. The minimum absolute atomic E-state index is 0.0278. The van der Waals surface area contributed by atoms with Gasteiger partial charge in [-0.05, 0) is 43.4 Å². The van der Waals surface area contributed by atoms with Crippen LogP contribution in [0.25, 0.3) is 0 Å². The van der Waals surface area contributed by atoms with Crippen LogP contribution >= 0.6 is 0 Å². The quantitative estimate of drug-likeness (QED) is 0.682. The van der Waals surface area contributed by atoms with Crippen molar-refractivity contribution in [2.45, 2.75) is 67.2 Å². The van der Waals surface area contributed by atoms with Crippen LogP contribution in [0, 0.1) is 16.2 Å². The Hall–Kier alpha value is -0.330. The second kappa shape index (κ2) is 3.61. The summed E-state index contributed by atoms with van der Waals surface area (Å²) >= 11 is 0. The van der Waals surface area contributed by atoms with E-state index in [1.54, 1.807) is 6.92 Å². The molecule has 1 saturated carbocycles. The summed E-state index contributed by atoms with van der Waals surface area (Å²) < 4.78 is 0. The molecule has 88 valence electrons. The molecule has 0 aromatic rings. The summed E-state index contributed by atoms with van der Waals surface area (Å²) in [4.78, 5) is 12.0. The van der Waals surface area contributed by atoms with E-state index in [2.05, 4.69) is 34.6 Å². The van der Waals surface area contributed by atoms with E-state index in [4.69, 9.17) is 0 Å². The second-order valence-electron chi connectivity index (χ2n) is 6.79. The van der Waals surface area contributed by atoms with Gasteiger partial charge in [0.1, 0.15) is 5.78 Å². The molecule has 15 heavy (non-hydrogen) atoms. The van der Waals surface area contributed by atoms with Crippen LogP contribution in [0.2, 0.25) is 0 Å². The summed E-state index contributed by atoms with van der Waals surface area (Å²) in [5.41, 5.74) is 0.481. The summed E-state index contributed by atoms with van der Waals surface area (Å²) in [6.07, 6.45) is 4.49. The number of carbonyl (C=O) groups is 1. The van der Waals surface area contributed by atoms with Gasteiger partial charge in [-0.25, -0.2) is 0 Å². The molecule has 0 aliphatic heterocycles. The third kappa shape index (κ3) is 1.98. The fraction of sp³-hybridized carbons (Fsp3) is 0.929. The number of hydrogen-bond donors (Lipinski definition) is 0. The van der Waals surface area contributed by atoms with Crippen molar-refractivity contribution in [3.8, 4) is 0 Å². The Kier molecular flexibility index (Phi) is 3.06. The molecular weight excluding hydrogens is 184 g/mol. The highest BCUT2D eigenvalue weighted by molar-refractivity contribution is 5.84. The van der Waals surface area contributed by atoms with Gasteiger partial charge in [0.05, 0.1) is 0 Å². The van der Waals surface area contributed by atoms with Gasteiger partial charge in [0.15, 0.2) is 0 Å². The predicted octanol–water partition coefficient (Wildman–Crippen LogP) is 4.21. The van der Waals surface area contributed by atoms with E-state index in [1.807, 2.05) is 0 Å². The molecule has 0 N–H and O–H groups in total. The van der Waals surface area contributed by atoms with Crippen molar-refractivity contribution >= 4 is 5.78 Å². The van der Waals surface area contributed by atoms with Crippen molar-refractivity contribution in [1.29, 1.82) is 0 Å². The molecule has 1 rings (SSSR count). The lowest BCUT2D eigenvalue weighted by molar-refractivity contribution is -0.156. The molecule has 0 spiro atoms. The maximum atomic E-state index is 12.0. The minimum atomic E-state index is -0.0278. The highest BCUT2D eigenvalue weighted by Gasteiger charge is 2.58. The van der Waals surface area contributed by atoms with Gasteiger partial charge >= 0.3 is 0 Å². The molecule has 2 atom stereocenters. The fourth-order valence-corrected chi connectivity index (χ4v) is 3.30. The molecule has 1 aliphatic carbocycles. The van der Waals surface area contributed by atoms with Crippen LogP contribution in [0.1, 0.15) is 67.2 Å². The molecule has 2 unspecified atom stereocenters.